The molecule has 166 valence electrons. The van der Waals surface area contributed by atoms with Crippen molar-refractivity contribution in [3.05, 3.63) is 35.5 Å². The smallest absolute Gasteiger partial charge is 0.0811 e. The Hall–Kier alpha value is -1.34. The van der Waals surface area contributed by atoms with Crippen molar-refractivity contribution in [2.24, 2.45) is 23.2 Å². The molecule has 0 spiro atoms. The minimum atomic E-state index is -0.729. The van der Waals surface area contributed by atoms with Gasteiger partial charge in [0.15, 0.2) is 0 Å². The molecule has 3 fully saturated rings. The zero-order valence-electron chi connectivity index (χ0n) is 19.2. The molecule has 0 saturated heterocycles. The van der Waals surface area contributed by atoms with E-state index in [0.29, 0.717) is 37.0 Å². The highest BCUT2D eigenvalue weighted by atomic mass is 16.3. The highest BCUT2D eigenvalue weighted by molar-refractivity contribution is 5.38. The van der Waals surface area contributed by atoms with E-state index in [9.17, 15) is 15.3 Å². The number of fused-ring (bicyclic) bond motifs is 1. The van der Waals surface area contributed by atoms with Crippen molar-refractivity contribution < 1.29 is 15.3 Å². The quantitative estimate of drug-likeness (QED) is 0.576. The van der Waals surface area contributed by atoms with Crippen LogP contribution in [0.15, 0.2) is 35.5 Å². The lowest BCUT2D eigenvalue weighted by atomic mass is 9.61. The van der Waals surface area contributed by atoms with Gasteiger partial charge in [0.2, 0.25) is 0 Å². The summed E-state index contributed by atoms with van der Waals surface area (Å²) in [6.07, 6.45) is 10.7. The number of aliphatic hydroxyl groups is 3. The lowest BCUT2D eigenvalue weighted by molar-refractivity contribution is 0.0853. The lowest BCUT2D eigenvalue weighted by Gasteiger charge is -2.43. The molecule has 3 nitrogen and oxygen atoms in total. The van der Waals surface area contributed by atoms with E-state index >= 15 is 0 Å². The summed E-state index contributed by atoms with van der Waals surface area (Å²) in [6, 6.07) is 0. The molecule has 6 atom stereocenters. The highest BCUT2D eigenvalue weighted by Crippen LogP contribution is 2.59. The molecule has 3 aliphatic rings. The summed E-state index contributed by atoms with van der Waals surface area (Å²) in [4.78, 5) is 0. The molecule has 0 amide bonds. The van der Waals surface area contributed by atoms with Crippen LogP contribution in [0, 0.1) is 35.0 Å². The minimum Gasteiger partial charge on any atom is -0.393 e. The molecule has 0 aromatic rings. The summed E-state index contributed by atoms with van der Waals surface area (Å²) in [5, 5.41) is 30.1. The zero-order valence-corrected chi connectivity index (χ0v) is 19.2. The second-order valence-corrected chi connectivity index (χ2v) is 10.8. The molecule has 0 aromatic carbocycles. The van der Waals surface area contributed by atoms with E-state index in [0.717, 1.165) is 17.6 Å². The lowest BCUT2D eigenvalue weighted by Crippen LogP contribution is -2.35. The van der Waals surface area contributed by atoms with Crippen LogP contribution in [-0.2, 0) is 0 Å². The van der Waals surface area contributed by atoms with Crippen LogP contribution in [0.3, 0.4) is 0 Å². The van der Waals surface area contributed by atoms with E-state index in [4.69, 9.17) is 0 Å². The Kier molecular flexibility index (Phi) is 7.02. The molecule has 0 radical (unpaired) electrons. The number of aliphatic hydroxyl groups excluding tert-OH is 2. The van der Waals surface area contributed by atoms with E-state index in [-0.39, 0.29) is 5.41 Å². The Labute approximate surface area is 183 Å². The summed E-state index contributed by atoms with van der Waals surface area (Å²) in [7, 11) is 0. The van der Waals surface area contributed by atoms with Gasteiger partial charge in [-0.1, -0.05) is 44.1 Å². The van der Waals surface area contributed by atoms with Crippen molar-refractivity contribution in [3.63, 3.8) is 0 Å². The summed E-state index contributed by atoms with van der Waals surface area (Å²) in [6.45, 7) is 12.4. The van der Waals surface area contributed by atoms with Gasteiger partial charge in [-0.3, -0.25) is 0 Å². The van der Waals surface area contributed by atoms with Crippen molar-refractivity contribution in [1.82, 2.24) is 0 Å². The third-order valence-electron chi connectivity index (χ3n) is 7.76. The number of allylic oxidation sites excluding steroid dienone is 3. The Morgan fingerprint density at radius 2 is 2.00 bits per heavy atom. The molecule has 0 aromatic heterocycles. The van der Waals surface area contributed by atoms with E-state index in [1.165, 1.54) is 31.3 Å². The fourth-order valence-electron chi connectivity index (χ4n) is 6.09. The topological polar surface area (TPSA) is 60.7 Å². The fraction of sp³-hybridized carbons (Fsp3) is 0.704. The predicted molar refractivity (Wildman–Crippen MR) is 123 cm³/mol. The molecule has 3 aliphatic carbocycles. The molecule has 0 aliphatic heterocycles. The second-order valence-electron chi connectivity index (χ2n) is 10.8. The first-order valence-electron chi connectivity index (χ1n) is 11.7. The summed E-state index contributed by atoms with van der Waals surface area (Å²) >= 11 is 0. The van der Waals surface area contributed by atoms with Crippen LogP contribution in [-0.4, -0.2) is 33.1 Å². The molecule has 3 rings (SSSR count). The molecule has 0 bridgehead atoms. The number of hydrogen-bond acceptors (Lipinski definition) is 3. The van der Waals surface area contributed by atoms with Gasteiger partial charge >= 0.3 is 0 Å². The molecule has 3 saturated carbocycles. The van der Waals surface area contributed by atoms with E-state index in [2.05, 4.69) is 44.4 Å². The molecule has 3 heteroatoms. The van der Waals surface area contributed by atoms with Crippen molar-refractivity contribution in [1.29, 1.82) is 0 Å². The fourth-order valence-corrected chi connectivity index (χ4v) is 6.09. The first kappa shape index (κ1) is 23.3. The van der Waals surface area contributed by atoms with Crippen molar-refractivity contribution in [2.75, 3.05) is 0 Å². The molecule has 0 unspecified atom stereocenters. The van der Waals surface area contributed by atoms with Crippen LogP contribution in [0.1, 0.15) is 79.1 Å². The van der Waals surface area contributed by atoms with Gasteiger partial charge in [-0.15, -0.1) is 5.92 Å². The van der Waals surface area contributed by atoms with Gasteiger partial charge in [0.1, 0.15) is 0 Å². The predicted octanol–water partition coefficient (Wildman–Crippen LogP) is 4.93. The second kappa shape index (κ2) is 9.03. The van der Waals surface area contributed by atoms with Gasteiger partial charge in [0, 0.05) is 18.8 Å². The third-order valence-corrected chi connectivity index (χ3v) is 7.76. The minimum absolute atomic E-state index is 0.272. The molecule has 30 heavy (non-hydrogen) atoms. The maximum Gasteiger partial charge on any atom is 0.0811 e. The Morgan fingerprint density at radius 3 is 2.70 bits per heavy atom. The van der Waals surface area contributed by atoms with Crippen molar-refractivity contribution in [3.8, 4) is 11.8 Å². The van der Waals surface area contributed by atoms with Gasteiger partial charge in [-0.05, 0) is 80.8 Å². The Morgan fingerprint density at radius 1 is 1.27 bits per heavy atom. The standard InChI is InChI=1S/C27H40O3/c1-18(8-6-14-26(3,4)30)23-12-13-24-20(9-7-15-27(23,24)5)10-11-21-16-22(28)17-25(29)19(21)2/h10-11,18,22-25,28-30H,2,7,9,12-17H2,1,3-5H3/b20-10+,21-11-/t18-,22-,23-,24+,25+,27-/m1/s1. The van der Waals surface area contributed by atoms with Gasteiger partial charge in [-0.2, -0.15) is 0 Å². The number of hydrogen-bond donors (Lipinski definition) is 3. The normalized spacial score (nSPS) is 38.3. The van der Waals surface area contributed by atoms with Crippen LogP contribution < -0.4 is 0 Å². The third kappa shape index (κ3) is 5.10. The maximum absolute atomic E-state index is 10.1. The van der Waals surface area contributed by atoms with Crippen molar-refractivity contribution in [2.45, 2.75) is 96.9 Å². The van der Waals surface area contributed by atoms with Gasteiger partial charge < -0.3 is 15.3 Å². The SMILES string of the molecule is C=C1/C(=C\C=C2/CCC[C@]3(C)[C@@H]([C@H](C)C#CCC(C)(C)O)CC[C@@H]23)C[C@@H](O)C[C@@H]1O. The molecular weight excluding hydrogens is 372 g/mol. The Bertz CT molecular complexity index is 772. The summed E-state index contributed by atoms with van der Waals surface area (Å²) in [5.74, 6) is 8.17. The van der Waals surface area contributed by atoms with Crippen LogP contribution in [0.4, 0.5) is 0 Å². The average molecular weight is 413 g/mol. The first-order chi connectivity index (χ1) is 14.0. The van der Waals surface area contributed by atoms with Crippen LogP contribution in [0.25, 0.3) is 0 Å². The molecule has 0 heterocycles. The summed E-state index contributed by atoms with van der Waals surface area (Å²) in [5.41, 5.74) is 2.80. The first-order valence-corrected chi connectivity index (χ1v) is 11.7. The van der Waals surface area contributed by atoms with E-state index in [1.54, 1.807) is 0 Å². The van der Waals surface area contributed by atoms with Gasteiger partial charge in [0.25, 0.3) is 0 Å². The zero-order chi connectivity index (χ0) is 22.1. The maximum atomic E-state index is 10.1. The van der Waals surface area contributed by atoms with Gasteiger partial charge in [-0.25, -0.2) is 0 Å². The van der Waals surface area contributed by atoms with Crippen molar-refractivity contribution >= 4 is 0 Å². The van der Waals surface area contributed by atoms with E-state index < -0.39 is 17.8 Å². The Balaban J connectivity index is 1.76. The monoisotopic (exact) mass is 412 g/mol. The number of rotatable bonds is 3. The summed E-state index contributed by atoms with van der Waals surface area (Å²) < 4.78 is 0. The van der Waals surface area contributed by atoms with Crippen LogP contribution in [0.5, 0.6) is 0 Å². The van der Waals surface area contributed by atoms with Crippen LogP contribution in [0.2, 0.25) is 0 Å². The van der Waals surface area contributed by atoms with Crippen LogP contribution >= 0.6 is 0 Å². The highest BCUT2D eigenvalue weighted by Gasteiger charge is 2.50. The average Bonchev–Trinajstić information content (AvgIpc) is 3.00. The largest absolute Gasteiger partial charge is 0.393 e. The molecular formula is C27H40O3. The molecule has 3 N–H and O–H groups in total. The van der Waals surface area contributed by atoms with Gasteiger partial charge in [0.05, 0.1) is 17.8 Å². The van der Waals surface area contributed by atoms with E-state index in [1.807, 2.05) is 13.8 Å².